The first-order valence-corrected chi connectivity index (χ1v) is 6.87. The molecule has 16 heavy (non-hydrogen) atoms. The quantitative estimate of drug-likeness (QED) is 0.930. The number of ether oxygens (including phenoxy) is 2. The Labute approximate surface area is 108 Å². The fourth-order valence-electron chi connectivity index (χ4n) is 1.70. The average molecular weight is 304 g/mol. The zero-order valence-electron chi connectivity index (χ0n) is 9.25. The van der Waals surface area contributed by atoms with Crippen molar-refractivity contribution in [3.63, 3.8) is 0 Å². The number of halogens is 1. The van der Waals surface area contributed by atoms with Gasteiger partial charge in [0.15, 0.2) is 11.5 Å². The van der Waals surface area contributed by atoms with Crippen molar-refractivity contribution in [2.45, 2.75) is 5.37 Å². The molecule has 1 saturated heterocycles. The highest BCUT2D eigenvalue weighted by Gasteiger charge is 2.21. The van der Waals surface area contributed by atoms with Gasteiger partial charge in [0, 0.05) is 16.8 Å². The van der Waals surface area contributed by atoms with Gasteiger partial charge in [-0.15, -0.1) is 11.8 Å². The Kier molecular flexibility index (Phi) is 4.00. The van der Waals surface area contributed by atoms with Gasteiger partial charge < -0.3 is 14.8 Å². The molecule has 1 N–H and O–H groups in total. The molecule has 5 heteroatoms. The van der Waals surface area contributed by atoms with Gasteiger partial charge >= 0.3 is 0 Å². The molecule has 1 fully saturated rings. The Morgan fingerprint density at radius 2 is 2.00 bits per heavy atom. The smallest absolute Gasteiger partial charge is 0.161 e. The second-order valence-electron chi connectivity index (χ2n) is 3.43. The molecule has 0 radical (unpaired) electrons. The molecule has 1 unspecified atom stereocenters. The lowest BCUT2D eigenvalue weighted by Crippen LogP contribution is -2.12. The number of rotatable bonds is 3. The summed E-state index contributed by atoms with van der Waals surface area (Å²) < 4.78 is 11.6. The minimum absolute atomic E-state index is 0.342. The van der Waals surface area contributed by atoms with Crippen LogP contribution in [0.15, 0.2) is 16.6 Å². The highest BCUT2D eigenvalue weighted by Crippen LogP contribution is 2.40. The van der Waals surface area contributed by atoms with Crippen LogP contribution in [-0.4, -0.2) is 26.5 Å². The zero-order chi connectivity index (χ0) is 11.5. The van der Waals surface area contributed by atoms with Crippen LogP contribution in [0.5, 0.6) is 11.5 Å². The molecule has 1 aromatic carbocycles. The van der Waals surface area contributed by atoms with Crippen molar-refractivity contribution in [3.05, 3.63) is 22.2 Å². The fraction of sp³-hybridized carbons (Fsp3) is 0.455. The van der Waals surface area contributed by atoms with Gasteiger partial charge in [-0.1, -0.05) is 15.9 Å². The summed E-state index contributed by atoms with van der Waals surface area (Å²) in [5.41, 5.74) is 1.21. The van der Waals surface area contributed by atoms with Gasteiger partial charge in [-0.3, -0.25) is 0 Å². The first-order chi connectivity index (χ1) is 7.76. The van der Waals surface area contributed by atoms with Gasteiger partial charge in [-0.05, 0) is 17.7 Å². The van der Waals surface area contributed by atoms with E-state index in [4.69, 9.17) is 9.47 Å². The van der Waals surface area contributed by atoms with Crippen LogP contribution in [0, 0.1) is 0 Å². The molecule has 2 rings (SSSR count). The van der Waals surface area contributed by atoms with E-state index in [0.717, 1.165) is 28.3 Å². The van der Waals surface area contributed by atoms with Crippen LogP contribution >= 0.6 is 27.7 Å². The minimum atomic E-state index is 0.342. The third-order valence-electron chi connectivity index (χ3n) is 2.50. The van der Waals surface area contributed by atoms with Crippen molar-refractivity contribution in [2.24, 2.45) is 0 Å². The Hall–Kier alpha value is -0.390. The van der Waals surface area contributed by atoms with Crippen molar-refractivity contribution in [3.8, 4) is 11.5 Å². The number of methoxy groups -OCH3 is 2. The molecular weight excluding hydrogens is 290 g/mol. The Bertz CT molecular complexity index is 380. The maximum Gasteiger partial charge on any atom is 0.161 e. The average Bonchev–Trinajstić information content (AvgIpc) is 2.82. The highest BCUT2D eigenvalue weighted by molar-refractivity contribution is 9.10. The van der Waals surface area contributed by atoms with E-state index in [2.05, 4.69) is 21.2 Å². The van der Waals surface area contributed by atoms with Crippen LogP contribution in [0.4, 0.5) is 0 Å². The van der Waals surface area contributed by atoms with E-state index in [9.17, 15) is 0 Å². The van der Waals surface area contributed by atoms with Crippen LogP contribution < -0.4 is 14.8 Å². The molecule has 0 saturated carbocycles. The highest BCUT2D eigenvalue weighted by atomic mass is 79.9. The molecule has 0 bridgehead atoms. The Morgan fingerprint density at radius 1 is 1.31 bits per heavy atom. The van der Waals surface area contributed by atoms with Gasteiger partial charge in [0.25, 0.3) is 0 Å². The lowest BCUT2D eigenvalue weighted by atomic mass is 10.2. The summed E-state index contributed by atoms with van der Waals surface area (Å²) in [5, 5.41) is 3.78. The van der Waals surface area contributed by atoms with E-state index in [1.807, 2.05) is 23.9 Å². The minimum Gasteiger partial charge on any atom is -0.493 e. The predicted octanol–water partition coefficient (Wildman–Crippen LogP) is 2.80. The lowest BCUT2D eigenvalue weighted by molar-refractivity contribution is 0.354. The van der Waals surface area contributed by atoms with E-state index < -0.39 is 0 Å². The molecule has 1 aromatic rings. The molecule has 0 aromatic heterocycles. The number of thioether (sulfide) groups is 1. The van der Waals surface area contributed by atoms with E-state index in [1.54, 1.807) is 14.2 Å². The molecule has 3 nitrogen and oxygen atoms in total. The first kappa shape index (κ1) is 12.1. The maximum absolute atomic E-state index is 5.31. The van der Waals surface area contributed by atoms with Crippen LogP contribution in [0.1, 0.15) is 10.9 Å². The summed E-state index contributed by atoms with van der Waals surface area (Å²) in [4.78, 5) is 0. The van der Waals surface area contributed by atoms with Gasteiger partial charge in [-0.2, -0.15) is 0 Å². The SMILES string of the molecule is COc1cc(Br)c(C2NCCS2)cc1OC. The Morgan fingerprint density at radius 3 is 2.56 bits per heavy atom. The third kappa shape index (κ3) is 2.31. The lowest BCUT2D eigenvalue weighted by Gasteiger charge is -2.15. The summed E-state index contributed by atoms with van der Waals surface area (Å²) >= 11 is 5.48. The van der Waals surface area contributed by atoms with Crippen molar-refractivity contribution in [2.75, 3.05) is 26.5 Å². The second kappa shape index (κ2) is 5.29. The molecule has 1 atom stereocenters. The van der Waals surface area contributed by atoms with Crippen molar-refractivity contribution in [1.82, 2.24) is 5.32 Å². The third-order valence-corrected chi connectivity index (χ3v) is 4.38. The zero-order valence-corrected chi connectivity index (χ0v) is 11.7. The van der Waals surface area contributed by atoms with E-state index in [1.165, 1.54) is 5.56 Å². The van der Waals surface area contributed by atoms with Gasteiger partial charge in [0.2, 0.25) is 0 Å². The number of hydrogen-bond donors (Lipinski definition) is 1. The molecule has 1 aliphatic heterocycles. The standard InChI is InChI=1S/C11H14BrNO2S/c1-14-9-5-7(11-13-3-4-16-11)8(12)6-10(9)15-2/h5-6,11,13H,3-4H2,1-2H3. The summed E-state index contributed by atoms with van der Waals surface area (Å²) in [6.45, 7) is 1.05. The van der Waals surface area contributed by atoms with Gasteiger partial charge in [-0.25, -0.2) is 0 Å². The van der Waals surface area contributed by atoms with Crippen LogP contribution in [0.2, 0.25) is 0 Å². The topological polar surface area (TPSA) is 30.5 Å². The number of hydrogen-bond acceptors (Lipinski definition) is 4. The normalized spacial score (nSPS) is 19.8. The molecule has 1 aliphatic rings. The van der Waals surface area contributed by atoms with Crippen LogP contribution in [0.3, 0.4) is 0 Å². The summed E-state index contributed by atoms with van der Waals surface area (Å²) in [6.07, 6.45) is 0. The Balaban J connectivity index is 2.37. The van der Waals surface area contributed by atoms with E-state index >= 15 is 0 Å². The van der Waals surface area contributed by atoms with Crippen molar-refractivity contribution in [1.29, 1.82) is 0 Å². The number of nitrogens with one attached hydrogen (secondary N) is 1. The molecule has 88 valence electrons. The van der Waals surface area contributed by atoms with Gasteiger partial charge in [0.1, 0.15) is 0 Å². The van der Waals surface area contributed by atoms with E-state index in [-0.39, 0.29) is 0 Å². The molecule has 0 aliphatic carbocycles. The monoisotopic (exact) mass is 303 g/mol. The summed E-state index contributed by atoms with van der Waals surface area (Å²) in [5.74, 6) is 2.67. The molecule has 0 amide bonds. The molecule has 0 spiro atoms. The predicted molar refractivity (Wildman–Crippen MR) is 70.4 cm³/mol. The first-order valence-electron chi connectivity index (χ1n) is 5.02. The van der Waals surface area contributed by atoms with Crippen molar-refractivity contribution < 1.29 is 9.47 Å². The van der Waals surface area contributed by atoms with Crippen LogP contribution in [0.25, 0.3) is 0 Å². The molecule has 1 heterocycles. The fourth-order valence-corrected chi connectivity index (χ4v) is 3.48. The van der Waals surface area contributed by atoms with Gasteiger partial charge in [0.05, 0.1) is 19.6 Å². The largest absolute Gasteiger partial charge is 0.493 e. The molecular formula is C11H14BrNO2S. The van der Waals surface area contributed by atoms with Crippen molar-refractivity contribution >= 4 is 27.7 Å². The number of benzene rings is 1. The van der Waals surface area contributed by atoms with E-state index in [0.29, 0.717) is 5.37 Å². The van der Waals surface area contributed by atoms with Crippen LogP contribution in [-0.2, 0) is 0 Å². The maximum atomic E-state index is 5.31. The second-order valence-corrected chi connectivity index (χ2v) is 5.50. The summed E-state index contributed by atoms with van der Waals surface area (Å²) in [6, 6.07) is 3.98. The summed E-state index contributed by atoms with van der Waals surface area (Å²) in [7, 11) is 3.30.